The molecule has 0 radical (unpaired) electrons. The molecule has 0 bridgehead atoms. The third kappa shape index (κ3) is 1.99. The van der Waals surface area contributed by atoms with Crippen LogP contribution in [0.5, 0.6) is 0 Å². The van der Waals surface area contributed by atoms with Gasteiger partial charge in [-0.15, -0.1) is 0 Å². The number of hydrogen-bond donors (Lipinski definition) is 1. The van der Waals surface area contributed by atoms with Crippen molar-refractivity contribution >= 4 is 0 Å². The van der Waals surface area contributed by atoms with Crippen LogP contribution >= 0.6 is 0 Å². The van der Waals surface area contributed by atoms with Crippen LogP contribution in [0.1, 0.15) is 53.4 Å². The lowest BCUT2D eigenvalue weighted by atomic mass is 9.61. The van der Waals surface area contributed by atoms with Crippen molar-refractivity contribution in [2.75, 3.05) is 0 Å². The largest absolute Gasteiger partial charge is 0.389 e. The van der Waals surface area contributed by atoms with E-state index < -0.39 is 0 Å². The lowest BCUT2D eigenvalue weighted by molar-refractivity contribution is 0.0616. The molecule has 0 aliphatic heterocycles. The molecule has 0 aromatic rings. The molecule has 2 aliphatic rings. The number of hydrogen-bond acceptors (Lipinski definition) is 1. The van der Waals surface area contributed by atoms with E-state index in [0.29, 0.717) is 11.3 Å². The molecule has 1 N–H and O–H groups in total. The minimum absolute atomic E-state index is 0.165. The number of allylic oxidation sites excluding steroid dienone is 1. The Morgan fingerprint density at radius 3 is 2.60 bits per heavy atom. The van der Waals surface area contributed by atoms with E-state index in [-0.39, 0.29) is 6.10 Å². The molecule has 0 heterocycles. The minimum Gasteiger partial charge on any atom is -0.389 e. The summed E-state index contributed by atoms with van der Waals surface area (Å²) in [5.74, 6) is 1.41. The Hall–Kier alpha value is -0.300. The summed E-state index contributed by atoms with van der Waals surface area (Å²) in [4.78, 5) is 0. The van der Waals surface area contributed by atoms with E-state index >= 15 is 0 Å². The Morgan fingerprint density at radius 2 is 1.93 bits per heavy atom. The summed E-state index contributed by atoms with van der Waals surface area (Å²) in [5, 5.41) is 10.3. The molecule has 2 aliphatic carbocycles. The monoisotopic (exact) mass is 208 g/mol. The second-order valence-electron chi connectivity index (χ2n) is 6.45. The van der Waals surface area contributed by atoms with Gasteiger partial charge in [0.05, 0.1) is 6.10 Å². The minimum atomic E-state index is -0.165. The van der Waals surface area contributed by atoms with Crippen molar-refractivity contribution in [2.45, 2.75) is 59.5 Å². The van der Waals surface area contributed by atoms with E-state index in [9.17, 15) is 5.11 Å². The Morgan fingerprint density at radius 1 is 1.27 bits per heavy atom. The molecule has 1 nitrogen and oxygen atoms in total. The lowest BCUT2D eigenvalue weighted by Crippen LogP contribution is -2.39. The zero-order chi connectivity index (χ0) is 11.2. The van der Waals surface area contributed by atoms with E-state index in [0.717, 1.165) is 12.3 Å². The summed E-state index contributed by atoms with van der Waals surface area (Å²) >= 11 is 0. The van der Waals surface area contributed by atoms with Gasteiger partial charge in [0.1, 0.15) is 0 Å². The second-order valence-corrected chi connectivity index (χ2v) is 6.45. The molecule has 0 saturated heterocycles. The van der Waals surface area contributed by atoms with Gasteiger partial charge in [-0.1, -0.05) is 26.3 Å². The van der Waals surface area contributed by atoms with Crippen molar-refractivity contribution in [3.05, 3.63) is 11.1 Å². The van der Waals surface area contributed by atoms with Gasteiger partial charge in [-0.3, -0.25) is 0 Å². The highest BCUT2D eigenvalue weighted by molar-refractivity contribution is 5.26. The van der Waals surface area contributed by atoms with Gasteiger partial charge in [-0.05, 0) is 55.4 Å². The third-order valence-corrected chi connectivity index (χ3v) is 4.43. The molecule has 86 valence electrons. The first-order valence-corrected chi connectivity index (χ1v) is 6.28. The smallest absolute Gasteiger partial charge is 0.0760 e. The molecule has 2 rings (SSSR count). The molecule has 1 fully saturated rings. The first-order valence-electron chi connectivity index (χ1n) is 6.28. The number of aliphatic hydroxyl groups is 1. The van der Waals surface area contributed by atoms with Crippen molar-refractivity contribution in [3.63, 3.8) is 0 Å². The average Bonchev–Trinajstić information content (AvgIpc) is 2.09. The number of fused-ring (bicyclic) bond motifs is 1. The van der Waals surface area contributed by atoms with Gasteiger partial charge in [0.25, 0.3) is 0 Å². The second kappa shape index (κ2) is 3.62. The van der Waals surface area contributed by atoms with Crippen LogP contribution in [0.2, 0.25) is 0 Å². The van der Waals surface area contributed by atoms with Gasteiger partial charge in [0, 0.05) is 0 Å². The average molecular weight is 208 g/mol. The fraction of sp³-hybridized carbons (Fsp3) is 0.857. The number of rotatable bonds is 0. The van der Waals surface area contributed by atoms with E-state index in [1.165, 1.54) is 30.4 Å². The van der Waals surface area contributed by atoms with E-state index in [2.05, 4.69) is 27.7 Å². The summed E-state index contributed by atoms with van der Waals surface area (Å²) in [6.07, 6.45) is 4.55. The van der Waals surface area contributed by atoms with Gasteiger partial charge in [-0.25, -0.2) is 0 Å². The molecule has 0 amide bonds. The first-order chi connectivity index (χ1) is 6.91. The predicted octanol–water partition coefficient (Wildman–Crippen LogP) is 3.53. The molecule has 3 atom stereocenters. The molecule has 15 heavy (non-hydrogen) atoms. The van der Waals surface area contributed by atoms with E-state index in [1.54, 1.807) is 0 Å². The molecule has 0 spiro atoms. The van der Waals surface area contributed by atoms with Crippen LogP contribution in [0, 0.1) is 17.3 Å². The number of aliphatic hydroxyl groups excluding tert-OH is 1. The highest BCUT2D eigenvalue weighted by atomic mass is 16.3. The summed E-state index contributed by atoms with van der Waals surface area (Å²) in [7, 11) is 0. The van der Waals surface area contributed by atoms with Gasteiger partial charge < -0.3 is 5.11 Å². The van der Waals surface area contributed by atoms with Gasteiger partial charge in [0.15, 0.2) is 0 Å². The molecule has 0 aromatic heterocycles. The van der Waals surface area contributed by atoms with Crippen molar-refractivity contribution in [3.8, 4) is 0 Å². The Bertz CT molecular complexity index is 288. The molecule has 1 saturated carbocycles. The molecule has 1 heteroatoms. The van der Waals surface area contributed by atoms with Crippen LogP contribution in [-0.4, -0.2) is 11.2 Å². The van der Waals surface area contributed by atoms with Crippen LogP contribution in [0.25, 0.3) is 0 Å². The maximum Gasteiger partial charge on any atom is 0.0760 e. The van der Waals surface area contributed by atoms with Crippen LogP contribution in [0.15, 0.2) is 11.1 Å². The molecule has 0 unspecified atom stereocenters. The highest BCUT2D eigenvalue weighted by Gasteiger charge is 2.41. The summed E-state index contributed by atoms with van der Waals surface area (Å²) < 4.78 is 0. The summed E-state index contributed by atoms with van der Waals surface area (Å²) in [5.41, 5.74) is 3.19. The van der Waals surface area contributed by atoms with Gasteiger partial charge >= 0.3 is 0 Å². The van der Waals surface area contributed by atoms with Crippen molar-refractivity contribution in [2.24, 2.45) is 17.3 Å². The Kier molecular flexibility index (Phi) is 2.70. The van der Waals surface area contributed by atoms with E-state index in [1.807, 2.05) is 0 Å². The SMILES string of the molecule is CC1=C2[C@@H](CC(C)(C)C[C@@H]2O)[C@@H](C)CC1. The zero-order valence-electron chi connectivity index (χ0n) is 10.5. The van der Waals surface area contributed by atoms with Crippen LogP contribution in [-0.2, 0) is 0 Å². The van der Waals surface area contributed by atoms with Crippen LogP contribution in [0.4, 0.5) is 0 Å². The first kappa shape index (κ1) is 11.2. The van der Waals surface area contributed by atoms with Gasteiger partial charge in [0.2, 0.25) is 0 Å². The predicted molar refractivity (Wildman–Crippen MR) is 63.6 cm³/mol. The quantitative estimate of drug-likeness (QED) is 0.604. The fourth-order valence-electron chi connectivity index (χ4n) is 3.57. The van der Waals surface area contributed by atoms with Crippen LogP contribution < -0.4 is 0 Å². The maximum absolute atomic E-state index is 10.3. The maximum atomic E-state index is 10.3. The van der Waals surface area contributed by atoms with Gasteiger partial charge in [-0.2, -0.15) is 0 Å². The standard InChI is InChI=1S/C14H24O/c1-9-5-6-10(2)13-11(9)7-14(3,4)8-12(13)15/h9,11-12,15H,5-8H2,1-4H3/t9-,11-,12-/m0/s1. The van der Waals surface area contributed by atoms with Crippen molar-refractivity contribution < 1.29 is 5.11 Å². The summed E-state index contributed by atoms with van der Waals surface area (Å²) in [6.45, 7) is 9.16. The molecular formula is C14H24O. The Balaban J connectivity index is 2.33. The topological polar surface area (TPSA) is 20.2 Å². The zero-order valence-corrected chi connectivity index (χ0v) is 10.5. The van der Waals surface area contributed by atoms with E-state index in [4.69, 9.17) is 0 Å². The normalized spacial score (nSPS) is 40.2. The molecule has 0 aromatic carbocycles. The highest BCUT2D eigenvalue weighted by Crippen LogP contribution is 2.49. The third-order valence-electron chi connectivity index (χ3n) is 4.43. The fourth-order valence-corrected chi connectivity index (χ4v) is 3.57. The molecular weight excluding hydrogens is 184 g/mol. The van der Waals surface area contributed by atoms with Crippen LogP contribution in [0.3, 0.4) is 0 Å². The summed E-state index contributed by atoms with van der Waals surface area (Å²) in [6, 6.07) is 0. The lowest BCUT2D eigenvalue weighted by Gasteiger charge is -2.46. The Labute approximate surface area is 93.6 Å². The van der Waals surface area contributed by atoms with Crippen molar-refractivity contribution in [1.82, 2.24) is 0 Å². The van der Waals surface area contributed by atoms with Crippen molar-refractivity contribution in [1.29, 1.82) is 0 Å².